The van der Waals surface area contributed by atoms with Crippen LogP contribution < -0.4 is 0 Å². The van der Waals surface area contributed by atoms with Crippen LogP contribution in [-0.2, 0) is 6.42 Å². The van der Waals surface area contributed by atoms with Gasteiger partial charge in [-0.15, -0.1) is 0 Å². The molecule has 0 atom stereocenters. The first kappa shape index (κ1) is 17.5. The maximum atomic E-state index is 2.33. The van der Waals surface area contributed by atoms with Gasteiger partial charge in [-0.25, -0.2) is 0 Å². The van der Waals surface area contributed by atoms with Crippen molar-refractivity contribution < 1.29 is 0 Å². The van der Waals surface area contributed by atoms with Crippen LogP contribution in [0.25, 0.3) is 33.0 Å². The van der Waals surface area contributed by atoms with E-state index in [1.165, 1.54) is 44.2 Å². The largest absolute Gasteiger partial charge is 0.0622 e. The summed E-state index contributed by atoms with van der Waals surface area (Å²) in [6, 6.07) is 43.6. The molecule has 29 heavy (non-hydrogen) atoms. The number of hydrogen-bond acceptors (Lipinski definition) is 0. The van der Waals surface area contributed by atoms with Gasteiger partial charge in [-0.3, -0.25) is 0 Å². The van der Waals surface area contributed by atoms with E-state index >= 15 is 0 Å². The van der Waals surface area contributed by atoms with Crippen molar-refractivity contribution in [2.45, 2.75) is 6.42 Å². The van der Waals surface area contributed by atoms with Gasteiger partial charge in [0.25, 0.3) is 0 Å². The second-order valence-electron chi connectivity index (χ2n) is 7.47. The van der Waals surface area contributed by atoms with Crippen LogP contribution >= 0.6 is 0 Å². The van der Waals surface area contributed by atoms with Gasteiger partial charge in [0, 0.05) is 0 Å². The molecule has 0 heterocycles. The van der Waals surface area contributed by atoms with Crippen molar-refractivity contribution in [1.29, 1.82) is 0 Å². The van der Waals surface area contributed by atoms with Gasteiger partial charge in [-0.1, -0.05) is 115 Å². The molecule has 0 nitrogen and oxygen atoms in total. The molecule has 0 saturated heterocycles. The highest BCUT2D eigenvalue weighted by molar-refractivity contribution is 5.99. The number of hydrogen-bond donors (Lipinski definition) is 0. The third kappa shape index (κ3) is 3.70. The first-order valence-electron chi connectivity index (χ1n) is 10.1. The van der Waals surface area contributed by atoms with Crippen molar-refractivity contribution in [3.63, 3.8) is 0 Å². The molecule has 0 aliphatic rings. The van der Waals surface area contributed by atoms with E-state index in [2.05, 4.69) is 121 Å². The minimum atomic E-state index is 0.956. The van der Waals surface area contributed by atoms with Crippen LogP contribution in [0, 0.1) is 0 Å². The Kier molecular flexibility index (Phi) is 4.68. The molecule has 0 saturated carbocycles. The second kappa shape index (κ2) is 7.77. The quantitative estimate of drug-likeness (QED) is 0.303. The van der Waals surface area contributed by atoms with E-state index < -0.39 is 0 Å². The van der Waals surface area contributed by atoms with Gasteiger partial charge >= 0.3 is 0 Å². The standard InChI is InChI=1S/C29H22/c1-3-9-22(10-4-1)19-23-11-7-15-26(20-23)27-18-17-25-14-8-16-28(29(25)21-27)24-12-5-2-6-13-24/h1-18,20-21H,19H2. The summed E-state index contributed by atoms with van der Waals surface area (Å²) < 4.78 is 0. The Labute approximate surface area is 172 Å². The monoisotopic (exact) mass is 370 g/mol. The van der Waals surface area contributed by atoms with Crippen molar-refractivity contribution in [3.05, 3.63) is 132 Å². The summed E-state index contributed by atoms with van der Waals surface area (Å²) in [5.41, 5.74) is 7.75. The van der Waals surface area contributed by atoms with E-state index in [-0.39, 0.29) is 0 Å². The molecule has 0 aliphatic heterocycles. The molecular weight excluding hydrogens is 348 g/mol. The van der Waals surface area contributed by atoms with Gasteiger partial charge in [0.1, 0.15) is 0 Å². The lowest BCUT2D eigenvalue weighted by Gasteiger charge is -2.11. The molecule has 5 rings (SSSR count). The topological polar surface area (TPSA) is 0 Å². The molecule has 0 amide bonds. The third-order valence-electron chi connectivity index (χ3n) is 5.48. The molecule has 0 aliphatic carbocycles. The zero-order valence-corrected chi connectivity index (χ0v) is 16.3. The van der Waals surface area contributed by atoms with Gasteiger partial charge in [0.2, 0.25) is 0 Å². The first-order valence-corrected chi connectivity index (χ1v) is 10.1. The van der Waals surface area contributed by atoms with Gasteiger partial charge < -0.3 is 0 Å². The van der Waals surface area contributed by atoms with Crippen LogP contribution in [0.1, 0.15) is 11.1 Å². The van der Waals surface area contributed by atoms with Gasteiger partial charge in [0.05, 0.1) is 0 Å². The van der Waals surface area contributed by atoms with Crippen molar-refractivity contribution in [2.24, 2.45) is 0 Å². The zero-order chi connectivity index (χ0) is 19.5. The summed E-state index contributed by atoms with van der Waals surface area (Å²) in [7, 11) is 0. The van der Waals surface area contributed by atoms with Crippen LogP contribution in [0.4, 0.5) is 0 Å². The minimum absolute atomic E-state index is 0.956. The van der Waals surface area contributed by atoms with Crippen molar-refractivity contribution in [2.75, 3.05) is 0 Å². The lowest BCUT2D eigenvalue weighted by atomic mass is 9.94. The van der Waals surface area contributed by atoms with Crippen LogP contribution in [0.3, 0.4) is 0 Å². The highest BCUT2D eigenvalue weighted by atomic mass is 14.1. The summed E-state index contributed by atoms with van der Waals surface area (Å²) >= 11 is 0. The lowest BCUT2D eigenvalue weighted by molar-refractivity contribution is 1.19. The third-order valence-corrected chi connectivity index (χ3v) is 5.48. The first-order chi connectivity index (χ1) is 14.4. The summed E-state index contributed by atoms with van der Waals surface area (Å²) in [4.78, 5) is 0. The molecule has 0 bridgehead atoms. The van der Waals surface area contributed by atoms with E-state index in [9.17, 15) is 0 Å². The fourth-order valence-corrected chi connectivity index (χ4v) is 4.01. The van der Waals surface area contributed by atoms with Crippen LogP contribution in [0.2, 0.25) is 0 Å². The predicted molar refractivity (Wildman–Crippen MR) is 124 cm³/mol. The summed E-state index contributed by atoms with van der Waals surface area (Å²) in [5, 5.41) is 2.57. The van der Waals surface area contributed by atoms with E-state index in [1.54, 1.807) is 0 Å². The van der Waals surface area contributed by atoms with Crippen LogP contribution in [0.5, 0.6) is 0 Å². The highest BCUT2D eigenvalue weighted by Gasteiger charge is 2.07. The Morgan fingerprint density at radius 2 is 1.07 bits per heavy atom. The molecular formula is C29H22. The Morgan fingerprint density at radius 1 is 0.414 bits per heavy atom. The summed E-state index contributed by atoms with van der Waals surface area (Å²) in [6.07, 6.45) is 0.956. The smallest absolute Gasteiger partial charge is 0.00256 e. The van der Waals surface area contributed by atoms with Gasteiger partial charge in [0.15, 0.2) is 0 Å². The lowest BCUT2D eigenvalue weighted by Crippen LogP contribution is -1.89. The molecule has 0 heteroatoms. The molecule has 0 N–H and O–H groups in total. The average Bonchev–Trinajstić information content (AvgIpc) is 2.80. The van der Waals surface area contributed by atoms with Crippen molar-refractivity contribution in [3.8, 4) is 22.3 Å². The second-order valence-corrected chi connectivity index (χ2v) is 7.47. The fourth-order valence-electron chi connectivity index (χ4n) is 4.01. The number of benzene rings is 5. The molecule has 0 radical (unpaired) electrons. The summed E-state index contributed by atoms with van der Waals surface area (Å²) in [5.74, 6) is 0. The Bertz CT molecular complexity index is 1250. The molecule has 0 spiro atoms. The molecule has 0 aromatic heterocycles. The fraction of sp³-hybridized carbons (Fsp3) is 0.0345. The zero-order valence-electron chi connectivity index (χ0n) is 16.3. The van der Waals surface area contributed by atoms with Crippen molar-refractivity contribution in [1.82, 2.24) is 0 Å². The minimum Gasteiger partial charge on any atom is -0.0622 e. The molecule has 0 fully saturated rings. The van der Waals surface area contributed by atoms with Gasteiger partial charge in [-0.2, -0.15) is 0 Å². The summed E-state index contributed by atoms with van der Waals surface area (Å²) in [6.45, 7) is 0. The van der Waals surface area contributed by atoms with E-state index in [4.69, 9.17) is 0 Å². The highest BCUT2D eigenvalue weighted by Crippen LogP contribution is 2.32. The van der Waals surface area contributed by atoms with Crippen molar-refractivity contribution >= 4 is 10.8 Å². The van der Waals surface area contributed by atoms with E-state index in [0.29, 0.717) is 0 Å². The van der Waals surface area contributed by atoms with Gasteiger partial charge in [-0.05, 0) is 56.6 Å². The normalized spacial score (nSPS) is 10.9. The maximum absolute atomic E-state index is 2.33. The van der Waals surface area contributed by atoms with E-state index in [1.807, 2.05) is 0 Å². The molecule has 0 unspecified atom stereocenters. The van der Waals surface area contributed by atoms with E-state index in [0.717, 1.165) is 6.42 Å². The SMILES string of the molecule is c1ccc(Cc2cccc(-c3ccc4cccc(-c5ccccc5)c4c3)c2)cc1. The maximum Gasteiger partial charge on any atom is -0.00256 e. The Morgan fingerprint density at radius 3 is 1.90 bits per heavy atom. The average molecular weight is 370 g/mol. The molecule has 5 aromatic rings. The molecule has 5 aromatic carbocycles. The Hall–Kier alpha value is -3.64. The van der Waals surface area contributed by atoms with Crippen LogP contribution in [-0.4, -0.2) is 0 Å². The number of rotatable bonds is 4. The van der Waals surface area contributed by atoms with Crippen LogP contribution in [0.15, 0.2) is 121 Å². The predicted octanol–water partition coefficient (Wildman–Crippen LogP) is 7.76. The number of fused-ring (bicyclic) bond motifs is 1. The Balaban J connectivity index is 1.57. The molecule has 138 valence electrons.